The van der Waals surface area contributed by atoms with Crippen LogP contribution in [0.1, 0.15) is 42.3 Å². The average molecular weight is 459 g/mol. The van der Waals surface area contributed by atoms with Crippen molar-refractivity contribution in [1.29, 1.82) is 0 Å². The lowest BCUT2D eigenvalue weighted by molar-refractivity contribution is -0.121. The molecular weight excluding hydrogens is 428 g/mol. The molecule has 0 saturated heterocycles. The first-order valence-electron chi connectivity index (χ1n) is 11.4. The lowest BCUT2D eigenvalue weighted by Crippen LogP contribution is -2.41. The number of nitrogens with one attached hydrogen (secondary N) is 1. The Kier molecular flexibility index (Phi) is 6.59. The van der Waals surface area contributed by atoms with E-state index in [1.54, 1.807) is 23.1 Å². The van der Waals surface area contributed by atoms with Crippen LogP contribution in [0.3, 0.4) is 0 Å². The molecule has 1 aliphatic heterocycles. The van der Waals surface area contributed by atoms with Crippen LogP contribution in [0.4, 0.5) is 11.4 Å². The zero-order valence-corrected chi connectivity index (χ0v) is 20.1. The van der Waals surface area contributed by atoms with Crippen LogP contribution < -0.4 is 19.7 Å². The standard InChI is InChI=1S/C28H30N2O4/c1-19-6-5-7-23(16-19)33-15-14-30-24-17-22(12-13-25(24)34-18-26(30)31)29-27(32)20-8-10-21(11-9-20)28(2,3)4/h5-13,16-17H,14-15,18H2,1-4H3,(H,29,32). The van der Waals surface area contributed by atoms with E-state index in [0.29, 0.717) is 35.8 Å². The van der Waals surface area contributed by atoms with Gasteiger partial charge in [-0.25, -0.2) is 0 Å². The predicted molar refractivity (Wildman–Crippen MR) is 134 cm³/mol. The zero-order chi connectivity index (χ0) is 24.3. The smallest absolute Gasteiger partial charge is 0.265 e. The number of ether oxygens (including phenoxy) is 2. The molecular formula is C28H30N2O4. The molecule has 6 nitrogen and oxygen atoms in total. The molecule has 1 N–H and O–H groups in total. The molecule has 176 valence electrons. The Bertz CT molecular complexity index is 1200. The third-order valence-electron chi connectivity index (χ3n) is 5.75. The third-order valence-corrected chi connectivity index (χ3v) is 5.75. The second-order valence-electron chi connectivity index (χ2n) is 9.46. The highest BCUT2D eigenvalue weighted by molar-refractivity contribution is 6.05. The molecule has 4 rings (SSSR count). The SMILES string of the molecule is Cc1cccc(OCCN2C(=O)COc3ccc(NC(=O)c4ccc(C(C)(C)C)cc4)cc32)c1. The van der Waals surface area contributed by atoms with E-state index in [-0.39, 0.29) is 23.8 Å². The number of nitrogens with zero attached hydrogens (tertiary/aromatic N) is 1. The van der Waals surface area contributed by atoms with Crippen molar-refractivity contribution in [2.24, 2.45) is 0 Å². The molecule has 34 heavy (non-hydrogen) atoms. The fourth-order valence-corrected chi connectivity index (χ4v) is 3.81. The van der Waals surface area contributed by atoms with Crippen LogP contribution in [0.25, 0.3) is 0 Å². The van der Waals surface area contributed by atoms with Crippen LogP contribution in [0, 0.1) is 6.92 Å². The lowest BCUT2D eigenvalue weighted by atomic mass is 9.87. The zero-order valence-electron chi connectivity index (χ0n) is 20.1. The highest BCUT2D eigenvalue weighted by Gasteiger charge is 2.26. The van der Waals surface area contributed by atoms with Crippen molar-refractivity contribution >= 4 is 23.2 Å². The summed E-state index contributed by atoms with van der Waals surface area (Å²) in [4.78, 5) is 27.0. The van der Waals surface area contributed by atoms with E-state index in [0.717, 1.165) is 16.9 Å². The van der Waals surface area contributed by atoms with E-state index in [1.807, 2.05) is 55.5 Å². The third kappa shape index (κ3) is 5.39. The van der Waals surface area contributed by atoms with Gasteiger partial charge < -0.3 is 19.7 Å². The number of aryl methyl sites for hydroxylation is 1. The van der Waals surface area contributed by atoms with Gasteiger partial charge in [0.25, 0.3) is 11.8 Å². The van der Waals surface area contributed by atoms with Gasteiger partial charge in [0.1, 0.15) is 18.1 Å². The Hall–Kier alpha value is -3.80. The number of hydrogen-bond acceptors (Lipinski definition) is 4. The maximum atomic E-state index is 12.8. The van der Waals surface area contributed by atoms with Gasteiger partial charge in [-0.2, -0.15) is 0 Å². The van der Waals surface area contributed by atoms with Gasteiger partial charge >= 0.3 is 0 Å². The molecule has 3 aromatic rings. The summed E-state index contributed by atoms with van der Waals surface area (Å²) in [6.45, 7) is 9.09. The molecule has 6 heteroatoms. The normalized spacial score (nSPS) is 13.2. The van der Waals surface area contributed by atoms with Crippen LogP contribution in [-0.4, -0.2) is 31.6 Å². The highest BCUT2D eigenvalue weighted by Crippen LogP contribution is 2.34. The molecule has 1 aliphatic rings. The summed E-state index contributed by atoms with van der Waals surface area (Å²) >= 11 is 0. The van der Waals surface area contributed by atoms with Crippen molar-refractivity contribution in [3.05, 3.63) is 83.4 Å². The van der Waals surface area contributed by atoms with Crippen molar-refractivity contribution < 1.29 is 19.1 Å². The number of carbonyl (C=O) groups is 2. The molecule has 0 fully saturated rings. The number of carbonyl (C=O) groups excluding carboxylic acids is 2. The summed E-state index contributed by atoms with van der Waals surface area (Å²) in [6.07, 6.45) is 0. The van der Waals surface area contributed by atoms with E-state index < -0.39 is 0 Å². The summed E-state index contributed by atoms with van der Waals surface area (Å²) in [7, 11) is 0. The van der Waals surface area contributed by atoms with Gasteiger partial charge in [0, 0.05) is 11.3 Å². The summed E-state index contributed by atoms with van der Waals surface area (Å²) in [6, 6.07) is 20.7. The molecule has 0 aliphatic carbocycles. The van der Waals surface area contributed by atoms with E-state index >= 15 is 0 Å². The fourth-order valence-electron chi connectivity index (χ4n) is 3.81. The molecule has 0 atom stereocenters. The molecule has 2 amide bonds. The Morgan fingerprint density at radius 1 is 1.06 bits per heavy atom. The second-order valence-corrected chi connectivity index (χ2v) is 9.46. The van der Waals surface area contributed by atoms with Crippen LogP contribution in [-0.2, 0) is 10.2 Å². The highest BCUT2D eigenvalue weighted by atomic mass is 16.5. The van der Waals surface area contributed by atoms with E-state index in [9.17, 15) is 9.59 Å². The minimum Gasteiger partial charge on any atom is -0.492 e. The van der Waals surface area contributed by atoms with Gasteiger partial charge in [-0.1, -0.05) is 45.0 Å². The Morgan fingerprint density at radius 2 is 1.82 bits per heavy atom. The number of fused-ring (bicyclic) bond motifs is 1. The number of anilines is 2. The van der Waals surface area contributed by atoms with Gasteiger partial charge in [-0.15, -0.1) is 0 Å². The Morgan fingerprint density at radius 3 is 2.53 bits per heavy atom. The first-order chi connectivity index (χ1) is 16.2. The van der Waals surface area contributed by atoms with Crippen LogP contribution in [0.5, 0.6) is 11.5 Å². The number of hydrogen-bond donors (Lipinski definition) is 1. The first-order valence-corrected chi connectivity index (χ1v) is 11.4. The van der Waals surface area contributed by atoms with Gasteiger partial charge in [0.2, 0.25) is 0 Å². The number of rotatable bonds is 6. The van der Waals surface area contributed by atoms with Gasteiger partial charge in [-0.05, 0) is 65.9 Å². The topological polar surface area (TPSA) is 67.9 Å². The first kappa shape index (κ1) is 23.4. The largest absolute Gasteiger partial charge is 0.492 e. The second kappa shape index (κ2) is 9.59. The van der Waals surface area contributed by atoms with E-state index in [1.165, 1.54) is 0 Å². The maximum absolute atomic E-state index is 12.8. The van der Waals surface area contributed by atoms with Crippen molar-refractivity contribution in [1.82, 2.24) is 0 Å². The van der Waals surface area contributed by atoms with E-state index in [2.05, 4.69) is 26.1 Å². The average Bonchev–Trinajstić information content (AvgIpc) is 2.80. The summed E-state index contributed by atoms with van der Waals surface area (Å²) in [5.74, 6) is 1.00. The fraction of sp³-hybridized carbons (Fsp3) is 0.286. The Balaban J connectivity index is 1.46. The number of amides is 2. The minimum absolute atomic E-state index is 0.0204. The van der Waals surface area contributed by atoms with E-state index in [4.69, 9.17) is 9.47 Å². The quantitative estimate of drug-likeness (QED) is 0.541. The predicted octanol–water partition coefficient (Wildman–Crippen LogP) is 5.35. The molecule has 0 radical (unpaired) electrons. The molecule has 0 spiro atoms. The minimum atomic E-state index is -0.210. The van der Waals surface area contributed by atoms with Crippen LogP contribution in [0.15, 0.2) is 66.7 Å². The van der Waals surface area contributed by atoms with Crippen molar-refractivity contribution in [2.45, 2.75) is 33.1 Å². The molecule has 0 bridgehead atoms. The summed E-state index contributed by atoms with van der Waals surface area (Å²) in [5, 5.41) is 2.93. The summed E-state index contributed by atoms with van der Waals surface area (Å²) in [5.41, 5.74) is 4.07. The molecule has 1 heterocycles. The van der Waals surface area contributed by atoms with Crippen LogP contribution >= 0.6 is 0 Å². The van der Waals surface area contributed by atoms with Gasteiger partial charge in [-0.3, -0.25) is 9.59 Å². The lowest BCUT2D eigenvalue weighted by Gasteiger charge is -2.29. The molecule has 0 unspecified atom stereocenters. The van der Waals surface area contributed by atoms with Crippen molar-refractivity contribution in [3.8, 4) is 11.5 Å². The van der Waals surface area contributed by atoms with Gasteiger partial charge in [0.05, 0.1) is 12.2 Å². The maximum Gasteiger partial charge on any atom is 0.265 e. The number of benzene rings is 3. The van der Waals surface area contributed by atoms with Crippen molar-refractivity contribution in [3.63, 3.8) is 0 Å². The molecule has 3 aromatic carbocycles. The molecule has 0 saturated carbocycles. The van der Waals surface area contributed by atoms with Gasteiger partial charge in [0.15, 0.2) is 6.61 Å². The van der Waals surface area contributed by atoms with Crippen molar-refractivity contribution in [2.75, 3.05) is 30.0 Å². The summed E-state index contributed by atoms with van der Waals surface area (Å²) < 4.78 is 11.4. The van der Waals surface area contributed by atoms with Crippen LogP contribution in [0.2, 0.25) is 0 Å². The monoisotopic (exact) mass is 458 g/mol. The Labute approximate surface area is 200 Å². The molecule has 0 aromatic heterocycles.